The van der Waals surface area contributed by atoms with Gasteiger partial charge in [0.25, 0.3) is 11.8 Å². The third-order valence-electron chi connectivity index (χ3n) is 4.44. The van der Waals surface area contributed by atoms with E-state index in [9.17, 15) is 9.59 Å². The number of nitrogens with one attached hydrogen (secondary N) is 1. The molecule has 0 radical (unpaired) electrons. The molecule has 1 unspecified atom stereocenters. The van der Waals surface area contributed by atoms with Crippen LogP contribution in [0.4, 0.5) is 5.69 Å². The summed E-state index contributed by atoms with van der Waals surface area (Å²) in [6.45, 7) is 3.77. The van der Waals surface area contributed by atoms with Crippen molar-refractivity contribution in [3.63, 3.8) is 0 Å². The molecule has 7 nitrogen and oxygen atoms in total. The van der Waals surface area contributed by atoms with Crippen molar-refractivity contribution in [2.75, 3.05) is 38.7 Å². The Morgan fingerprint density at radius 2 is 1.79 bits per heavy atom. The molecule has 0 bridgehead atoms. The Bertz CT molecular complexity index is 833. The van der Waals surface area contributed by atoms with Gasteiger partial charge in [0.05, 0.1) is 31.6 Å². The largest absolute Gasteiger partial charge is 0.497 e. The van der Waals surface area contributed by atoms with Crippen LogP contribution in [0.5, 0.6) is 11.5 Å². The summed E-state index contributed by atoms with van der Waals surface area (Å²) in [6.07, 6.45) is -0.751. The average Bonchev–Trinajstić information content (AvgIpc) is 2.74. The number of amides is 2. The van der Waals surface area contributed by atoms with Gasteiger partial charge >= 0.3 is 0 Å². The SMILES string of the molecule is COc1cccc(OC(C)C(=O)Nc2ccccc2C(=O)N2CCOCC2)c1. The summed E-state index contributed by atoms with van der Waals surface area (Å²) in [5.41, 5.74) is 0.913. The molecule has 28 heavy (non-hydrogen) atoms. The molecule has 1 N–H and O–H groups in total. The van der Waals surface area contributed by atoms with Crippen molar-refractivity contribution < 1.29 is 23.8 Å². The lowest BCUT2D eigenvalue weighted by atomic mass is 10.1. The van der Waals surface area contributed by atoms with E-state index in [4.69, 9.17) is 14.2 Å². The summed E-state index contributed by atoms with van der Waals surface area (Å²) in [4.78, 5) is 27.1. The number of rotatable bonds is 6. The first kappa shape index (κ1) is 19.7. The number of ether oxygens (including phenoxy) is 3. The maximum atomic E-state index is 12.8. The normalized spacial score (nSPS) is 14.9. The number of hydrogen-bond donors (Lipinski definition) is 1. The van der Waals surface area contributed by atoms with Gasteiger partial charge in [0, 0.05) is 19.2 Å². The van der Waals surface area contributed by atoms with E-state index in [2.05, 4.69) is 5.32 Å². The predicted octanol–water partition coefficient (Wildman–Crippen LogP) is 2.57. The molecule has 0 aliphatic carbocycles. The fourth-order valence-corrected chi connectivity index (χ4v) is 2.88. The molecule has 0 aromatic heterocycles. The number of anilines is 1. The first-order chi connectivity index (χ1) is 13.6. The van der Waals surface area contributed by atoms with Gasteiger partial charge in [-0.15, -0.1) is 0 Å². The van der Waals surface area contributed by atoms with Gasteiger partial charge in [-0.05, 0) is 31.2 Å². The molecular weight excluding hydrogens is 360 g/mol. The number of para-hydroxylation sites is 1. The van der Waals surface area contributed by atoms with Crippen LogP contribution in [0.1, 0.15) is 17.3 Å². The minimum atomic E-state index is -0.751. The zero-order chi connectivity index (χ0) is 19.9. The summed E-state index contributed by atoms with van der Waals surface area (Å²) < 4.78 is 16.2. The second-order valence-electron chi connectivity index (χ2n) is 6.38. The van der Waals surface area contributed by atoms with Gasteiger partial charge in [-0.1, -0.05) is 18.2 Å². The summed E-state index contributed by atoms with van der Waals surface area (Å²) in [6, 6.07) is 14.0. The third-order valence-corrected chi connectivity index (χ3v) is 4.44. The van der Waals surface area contributed by atoms with Crippen LogP contribution in [0.15, 0.2) is 48.5 Å². The van der Waals surface area contributed by atoms with Crippen LogP contribution in [0.25, 0.3) is 0 Å². The number of benzene rings is 2. The number of carbonyl (C=O) groups excluding carboxylic acids is 2. The highest BCUT2D eigenvalue weighted by atomic mass is 16.5. The van der Waals surface area contributed by atoms with Crippen molar-refractivity contribution in [3.05, 3.63) is 54.1 Å². The zero-order valence-corrected chi connectivity index (χ0v) is 16.0. The fraction of sp³-hybridized carbons (Fsp3) is 0.333. The van der Waals surface area contributed by atoms with Crippen molar-refractivity contribution in [1.82, 2.24) is 4.90 Å². The third kappa shape index (κ3) is 4.80. The number of nitrogens with zero attached hydrogens (tertiary/aromatic N) is 1. The molecule has 1 fully saturated rings. The maximum absolute atomic E-state index is 12.8. The quantitative estimate of drug-likeness (QED) is 0.828. The standard InChI is InChI=1S/C21H24N2O5/c1-15(28-17-7-5-6-16(14-17)26-2)20(24)22-19-9-4-3-8-18(19)21(25)23-10-12-27-13-11-23/h3-9,14-15H,10-13H2,1-2H3,(H,22,24). The van der Waals surface area contributed by atoms with E-state index >= 15 is 0 Å². The summed E-state index contributed by atoms with van der Waals surface area (Å²) in [7, 11) is 1.57. The van der Waals surface area contributed by atoms with Crippen LogP contribution in [-0.4, -0.2) is 56.2 Å². The Hall–Kier alpha value is -3.06. The van der Waals surface area contributed by atoms with Gasteiger partial charge in [-0.25, -0.2) is 0 Å². The summed E-state index contributed by atoms with van der Waals surface area (Å²) >= 11 is 0. The van der Waals surface area contributed by atoms with E-state index < -0.39 is 6.10 Å². The molecule has 148 valence electrons. The average molecular weight is 384 g/mol. The summed E-state index contributed by atoms with van der Waals surface area (Å²) in [5.74, 6) is 0.705. The van der Waals surface area contributed by atoms with E-state index in [-0.39, 0.29) is 11.8 Å². The Morgan fingerprint density at radius 3 is 2.54 bits per heavy atom. The van der Waals surface area contributed by atoms with E-state index in [1.165, 1.54) is 0 Å². The highest BCUT2D eigenvalue weighted by Crippen LogP contribution is 2.22. The molecule has 1 aliphatic rings. The molecule has 2 amide bonds. The number of morpholine rings is 1. The van der Waals surface area contributed by atoms with Crippen LogP contribution in [0, 0.1) is 0 Å². The topological polar surface area (TPSA) is 77.1 Å². The van der Waals surface area contributed by atoms with Crippen molar-refractivity contribution >= 4 is 17.5 Å². The molecule has 0 spiro atoms. The highest BCUT2D eigenvalue weighted by Gasteiger charge is 2.23. The smallest absolute Gasteiger partial charge is 0.265 e. The first-order valence-electron chi connectivity index (χ1n) is 9.16. The zero-order valence-electron chi connectivity index (χ0n) is 16.0. The van der Waals surface area contributed by atoms with Gasteiger partial charge < -0.3 is 24.4 Å². The van der Waals surface area contributed by atoms with E-state index in [0.29, 0.717) is 49.1 Å². The second-order valence-corrected chi connectivity index (χ2v) is 6.38. The van der Waals surface area contributed by atoms with Crippen LogP contribution in [0.3, 0.4) is 0 Å². The number of carbonyl (C=O) groups is 2. The minimum Gasteiger partial charge on any atom is -0.497 e. The highest BCUT2D eigenvalue weighted by molar-refractivity contribution is 6.04. The van der Waals surface area contributed by atoms with Gasteiger partial charge in [0.15, 0.2) is 6.10 Å². The van der Waals surface area contributed by atoms with E-state index in [0.717, 1.165) is 0 Å². The van der Waals surface area contributed by atoms with E-state index in [1.807, 2.05) is 0 Å². The van der Waals surface area contributed by atoms with Gasteiger partial charge in [-0.3, -0.25) is 9.59 Å². The molecule has 0 saturated carbocycles. The lowest BCUT2D eigenvalue weighted by Gasteiger charge is -2.27. The molecule has 1 heterocycles. The molecule has 2 aromatic carbocycles. The fourth-order valence-electron chi connectivity index (χ4n) is 2.88. The second kappa shape index (κ2) is 9.23. The van der Waals surface area contributed by atoms with Crippen molar-refractivity contribution in [3.8, 4) is 11.5 Å². The van der Waals surface area contributed by atoms with Gasteiger partial charge in [0.2, 0.25) is 0 Å². The lowest BCUT2D eigenvalue weighted by molar-refractivity contribution is -0.122. The predicted molar refractivity (Wildman–Crippen MR) is 105 cm³/mol. The first-order valence-corrected chi connectivity index (χ1v) is 9.16. The molecule has 7 heteroatoms. The Morgan fingerprint density at radius 1 is 1.07 bits per heavy atom. The number of hydrogen-bond acceptors (Lipinski definition) is 5. The molecular formula is C21H24N2O5. The van der Waals surface area contributed by atoms with Crippen molar-refractivity contribution in [1.29, 1.82) is 0 Å². The minimum absolute atomic E-state index is 0.124. The molecule has 1 aliphatic heterocycles. The maximum Gasteiger partial charge on any atom is 0.265 e. The van der Waals surface area contributed by atoms with Gasteiger partial charge in [-0.2, -0.15) is 0 Å². The lowest BCUT2D eigenvalue weighted by Crippen LogP contribution is -2.41. The van der Waals surface area contributed by atoms with Gasteiger partial charge in [0.1, 0.15) is 11.5 Å². The number of methoxy groups -OCH3 is 1. The summed E-state index contributed by atoms with van der Waals surface area (Å²) in [5, 5.41) is 2.81. The Labute approximate surface area is 164 Å². The monoisotopic (exact) mass is 384 g/mol. The molecule has 1 saturated heterocycles. The Kier molecular flexibility index (Phi) is 6.49. The van der Waals surface area contributed by atoms with Crippen LogP contribution in [-0.2, 0) is 9.53 Å². The van der Waals surface area contributed by atoms with Crippen LogP contribution in [0.2, 0.25) is 0 Å². The Balaban J connectivity index is 1.68. The van der Waals surface area contributed by atoms with Crippen molar-refractivity contribution in [2.24, 2.45) is 0 Å². The molecule has 3 rings (SSSR count). The van der Waals surface area contributed by atoms with Crippen LogP contribution >= 0.6 is 0 Å². The van der Waals surface area contributed by atoms with Crippen molar-refractivity contribution in [2.45, 2.75) is 13.0 Å². The van der Waals surface area contributed by atoms with E-state index in [1.54, 1.807) is 67.5 Å². The molecule has 2 aromatic rings. The van der Waals surface area contributed by atoms with Crippen LogP contribution < -0.4 is 14.8 Å². The molecule has 1 atom stereocenters.